The first kappa shape index (κ1) is 17.4. The van der Waals surface area contributed by atoms with Crippen molar-refractivity contribution >= 4 is 5.97 Å². The highest BCUT2D eigenvalue weighted by atomic mass is 16.5. The zero-order chi connectivity index (χ0) is 16.8. The molecule has 132 valence electrons. The maximum atomic E-state index is 10.9. The van der Waals surface area contributed by atoms with Gasteiger partial charge in [-0.2, -0.15) is 0 Å². The van der Waals surface area contributed by atoms with E-state index in [1.807, 2.05) is 12.1 Å². The second-order valence-corrected chi connectivity index (χ2v) is 6.99. The summed E-state index contributed by atoms with van der Waals surface area (Å²) < 4.78 is 5.53. The van der Waals surface area contributed by atoms with Gasteiger partial charge in [0.25, 0.3) is 0 Å². The van der Waals surface area contributed by atoms with Gasteiger partial charge in [0.05, 0.1) is 18.8 Å². The van der Waals surface area contributed by atoms with Crippen LogP contribution in [0.2, 0.25) is 0 Å². The number of carboxylic acid groups (broad SMARTS) is 1. The zero-order valence-corrected chi connectivity index (χ0v) is 14.3. The van der Waals surface area contributed by atoms with E-state index < -0.39 is 5.97 Å². The van der Waals surface area contributed by atoms with E-state index in [1.165, 1.54) is 32.1 Å². The van der Waals surface area contributed by atoms with Gasteiger partial charge in [0, 0.05) is 31.7 Å². The average molecular weight is 332 g/mol. The minimum Gasteiger partial charge on any atom is -0.478 e. The molecular weight excluding hydrogens is 304 g/mol. The first-order chi connectivity index (χ1) is 11.7. The monoisotopic (exact) mass is 332 g/mol. The van der Waals surface area contributed by atoms with Crippen LogP contribution in [0.1, 0.15) is 48.0 Å². The minimum atomic E-state index is -0.872. The van der Waals surface area contributed by atoms with Crippen LogP contribution >= 0.6 is 0 Å². The summed E-state index contributed by atoms with van der Waals surface area (Å²) in [6, 6.07) is 7.16. The molecule has 1 aliphatic carbocycles. The lowest BCUT2D eigenvalue weighted by atomic mass is 9.79. The fraction of sp³-hybridized carbons (Fsp3) is 0.632. The van der Waals surface area contributed by atoms with Gasteiger partial charge < -0.3 is 15.2 Å². The second kappa shape index (κ2) is 8.10. The summed E-state index contributed by atoms with van der Waals surface area (Å²) in [7, 11) is 0. The van der Waals surface area contributed by atoms with Crippen molar-refractivity contribution in [3.63, 3.8) is 0 Å². The predicted molar refractivity (Wildman–Crippen MR) is 93.3 cm³/mol. The van der Waals surface area contributed by atoms with Gasteiger partial charge >= 0.3 is 5.97 Å². The Bertz CT molecular complexity index is 532. The van der Waals surface area contributed by atoms with Gasteiger partial charge in [-0.25, -0.2) is 4.79 Å². The first-order valence-electron chi connectivity index (χ1n) is 9.05. The summed E-state index contributed by atoms with van der Waals surface area (Å²) in [5.41, 5.74) is 1.74. The third-order valence-electron chi connectivity index (χ3n) is 5.45. The van der Waals surface area contributed by atoms with E-state index in [2.05, 4.69) is 10.2 Å². The number of nitrogens with one attached hydrogen (secondary N) is 1. The van der Waals surface area contributed by atoms with Crippen molar-refractivity contribution in [2.45, 2.75) is 44.2 Å². The highest BCUT2D eigenvalue weighted by Gasteiger charge is 2.38. The Balaban J connectivity index is 1.58. The van der Waals surface area contributed by atoms with E-state index >= 15 is 0 Å². The summed E-state index contributed by atoms with van der Waals surface area (Å²) in [5, 5.41) is 12.6. The largest absolute Gasteiger partial charge is 0.478 e. The quantitative estimate of drug-likeness (QED) is 0.838. The number of ether oxygens (including phenoxy) is 1. The number of aromatic carboxylic acids is 1. The summed E-state index contributed by atoms with van der Waals surface area (Å²) in [6.45, 7) is 5.54. The molecule has 1 aromatic rings. The van der Waals surface area contributed by atoms with Crippen LogP contribution in [0.4, 0.5) is 0 Å². The Kier molecular flexibility index (Phi) is 5.87. The van der Waals surface area contributed by atoms with Gasteiger partial charge in [-0.05, 0) is 30.5 Å². The van der Waals surface area contributed by atoms with E-state index in [4.69, 9.17) is 9.84 Å². The van der Waals surface area contributed by atoms with Crippen molar-refractivity contribution in [2.24, 2.45) is 0 Å². The fourth-order valence-electron chi connectivity index (χ4n) is 4.06. The SMILES string of the molecule is O=C(O)c1ccc(CNCC2(N3CCOCC3)CCCCC2)cc1. The van der Waals surface area contributed by atoms with Crippen molar-refractivity contribution < 1.29 is 14.6 Å². The predicted octanol–water partition coefficient (Wildman–Crippen LogP) is 2.51. The van der Waals surface area contributed by atoms with Crippen molar-refractivity contribution in [3.8, 4) is 0 Å². The number of hydrogen-bond donors (Lipinski definition) is 2. The smallest absolute Gasteiger partial charge is 0.335 e. The molecule has 0 amide bonds. The van der Waals surface area contributed by atoms with Crippen LogP contribution < -0.4 is 5.32 Å². The number of morpholine rings is 1. The number of hydrogen-bond acceptors (Lipinski definition) is 4. The average Bonchev–Trinajstić information content (AvgIpc) is 2.64. The molecule has 1 heterocycles. The fourth-order valence-corrected chi connectivity index (χ4v) is 4.06. The lowest BCUT2D eigenvalue weighted by Gasteiger charge is -2.48. The van der Waals surface area contributed by atoms with Gasteiger partial charge in [-0.3, -0.25) is 4.90 Å². The topological polar surface area (TPSA) is 61.8 Å². The zero-order valence-electron chi connectivity index (χ0n) is 14.3. The molecule has 3 rings (SSSR count). The Hall–Kier alpha value is -1.43. The first-order valence-corrected chi connectivity index (χ1v) is 9.05. The summed E-state index contributed by atoms with van der Waals surface area (Å²) in [6.07, 6.45) is 6.50. The number of rotatable bonds is 6. The number of carboxylic acids is 1. The molecule has 1 aromatic carbocycles. The highest BCUT2D eigenvalue weighted by Crippen LogP contribution is 2.33. The Labute approximate surface area is 144 Å². The van der Waals surface area contributed by atoms with E-state index in [-0.39, 0.29) is 5.54 Å². The molecule has 0 bridgehead atoms. The molecule has 0 radical (unpaired) electrons. The summed E-state index contributed by atoms with van der Waals surface area (Å²) in [5.74, 6) is -0.872. The molecule has 1 saturated carbocycles. The lowest BCUT2D eigenvalue weighted by Crippen LogP contribution is -2.59. The molecule has 1 saturated heterocycles. The van der Waals surface area contributed by atoms with Gasteiger partial charge in [0.1, 0.15) is 0 Å². The molecule has 2 aliphatic rings. The van der Waals surface area contributed by atoms with Crippen molar-refractivity contribution in [1.82, 2.24) is 10.2 Å². The van der Waals surface area contributed by atoms with Crippen LogP contribution in [0.15, 0.2) is 24.3 Å². The van der Waals surface area contributed by atoms with Crippen LogP contribution in [0, 0.1) is 0 Å². The van der Waals surface area contributed by atoms with Crippen LogP contribution in [0.25, 0.3) is 0 Å². The Morgan fingerprint density at radius 3 is 2.42 bits per heavy atom. The van der Waals surface area contributed by atoms with Crippen molar-refractivity contribution in [1.29, 1.82) is 0 Å². The Morgan fingerprint density at radius 1 is 1.12 bits per heavy atom. The van der Waals surface area contributed by atoms with Gasteiger partial charge in [0.15, 0.2) is 0 Å². The van der Waals surface area contributed by atoms with E-state index in [9.17, 15) is 4.79 Å². The number of carbonyl (C=O) groups is 1. The second-order valence-electron chi connectivity index (χ2n) is 6.99. The van der Waals surface area contributed by atoms with E-state index in [0.717, 1.165) is 45.0 Å². The van der Waals surface area contributed by atoms with Crippen LogP contribution in [-0.2, 0) is 11.3 Å². The van der Waals surface area contributed by atoms with Crippen LogP contribution in [0.3, 0.4) is 0 Å². The van der Waals surface area contributed by atoms with E-state index in [0.29, 0.717) is 5.56 Å². The molecule has 24 heavy (non-hydrogen) atoms. The van der Waals surface area contributed by atoms with Gasteiger partial charge in [-0.15, -0.1) is 0 Å². The molecular formula is C19H28N2O3. The molecule has 5 nitrogen and oxygen atoms in total. The summed E-state index contributed by atoms with van der Waals surface area (Å²) in [4.78, 5) is 13.6. The molecule has 2 fully saturated rings. The maximum absolute atomic E-state index is 10.9. The molecule has 2 N–H and O–H groups in total. The third-order valence-corrected chi connectivity index (χ3v) is 5.45. The lowest BCUT2D eigenvalue weighted by molar-refractivity contribution is -0.0369. The minimum absolute atomic E-state index is 0.267. The molecule has 0 spiro atoms. The van der Waals surface area contributed by atoms with Crippen LogP contribution in [-0.4, -0.2) is 54.4 Å². The van der Waals surface area contributed by atoms with Crippen molar-refractivity contribution in [3.05, 3.63) is 35.4 Å². The Morgan fingerprint density at radius 2 is 1.79 bits per heavy atom. The highest BCUT2D eigenvalue weighted by molar-refractivity contribution is 5.87. The van der Waals surface area contributed by atoms with Crippen LogP contribution in [0.5, 0.6) is 0 Å². The van der Waals surface area contributed by atoms with E-state index in [1.54, 1.807) is 12.1 Å². The molecule has 5 heteroatoms. The number of nitrogens with zero attached hydrogens (tertiary/aromatic N) is 1. The van der Waals surface area contributed by atoms with Crippen molar-refractivity contribution in [2.75, 3.05) is 32.8 Å². The standard InChI is InChI=1S/C19H28N2O3/c22-18(23)17-6-4-16(5-7-17)14-20-15-19(8-2-1-3-9-19)21-10-12-24-13-11-21/h4-7,20H,1-3,8-15H2,(H,22,23). The molecule has 0 atom stereocenters. The molecule has 0 aromatic heterocycles. The number of benzene rings is 1. The normalized spacial score (nSPS) is 21.5. The summed E-state index contributed by atoms with van der Waals surface area (Å²) >= 11 is 0. The molecule has 1 aliphatic heterocycles. The van der Waals surface area contributed by atoms with Gasteiger partial charge in [0.2, 0.25) is 0 Å². The third kappa shape index (κ3) is 4.15. The molecule has 0 unspecified atom stereocenters. The maximum Gasteiger partial charge on any atom is 0.335 e. The van der Waals surface area contributed by atoms with Gasteiger partial charge in [-0.1, -0.05) is 31.4 Å².